The highest BCUT2D eigenvalue weighted by Gasteiger charge is 2.04. The number of nitrogens with zero attached hydrogens (tertiary/aromatic N) is 2. The predicted octanol–water partition coefficient (Wildman–Crippen LogP) is 2.78. The first kappa shape index (κ1) is 8.53. The Bertz CT molecular complexity index is 411. The number of H-pyrrole nitrogens is 1. The van der Waals surface area contributed by atoms with Gasteiger partial charge in [0.15, 0.2) is 0 Å². The number of hydrogen-bond acceptors (Lipinski definition) is 2. The molecule has 1 heterocycles. The van der Waals surface area contributed by atoms with Crippen molar-refractivity contribution in [3.8, 4) is 11.3 Å². The zero-order valence-corrected chi connectivity index (χ0v) is 7.97. The number of halogens is 2. The molecule has 1 N–H and O–H groups in total. The average Bonchev–Trinajstić information content (AvgIpc) is 2.56. The summed E-state index contributed by atoms with van der Waals surface area (Å²) < 4.78 is 0. The highest BCUT2D eigenvalue weighted by molar-refractivity contribution is 6.36. The van der Waals surface area contributed by atoms with Gasteiger partial charge in [0.25, 0.3) is 0 Å². The van der Waals surface area contributed by atoms with Crippen molar-refractivity contribution in [3.05, 3.63) is 34.4 Å². The van der Waals surface area contributed by atoms with Crippen LogP contribution in [0.25, 0.3) is 11.3 Å². The third-order valence-corrected chi connectivity index (χ3v) is 2.18. The Balaban J connectivity index is 2.53. The molecule has 3 nitrogen and oxygen atoms in total. The summed E-state index contributed by atoms with van der Waals surface area (Å²) in [4.78, 5) is 0. The monoisotopic (exact) mass is 213 g/mol. The van der Waals surface area contributed by atoms with E-state index in [4.69, 9.17) is 23.2 Å². The molecule has 2 rings (SSSR count). The van der Waals surface area contributed by atoms with Crippen LogP contribution in [0.2, 0.25) is 10.0 Å². The Kier molecular flexibility index (Phi) is 2.20. The number of hydrogen-bond donors (Lipinski definition) is 1. The molecule has 0 spiro atoms. The van der Waals surface area contributed by atoms with E-state index < -0.39 is 0 Å². The molecule has 0 aliphatic heterocycles. The largest absolute Gasteiger partial charge is 0.258 e. The SMILES string of the molecule is Clc1ccc(-c2cnn[nH]2)c(Cl)c1. The number of nitrogens with one attached hydrogen (secondary N) is 1. The summed E-state index contributed by atoms with van der Waals surface area (Å²) in [6, 6.07) is 5.27. The normalized spacial score (nSPS) is 10.3. The Morgan fingerprint density at radius 2 is 2.08 bits per heavy atom. The summed E-state index contributed by atoms with van der Waals surface area (Å²) in [5, 5.41) is 11.2. The topological polar surface area (TPSA) is 41.6 Å². The summed E-state index contributed by atoms with van der Waals surface area (Å²) >= 11 is 11.7. The second kappa shape index (κ2) is 3.36. The fraction of sp³-hybridized carbons (Fsp3) is 0. The maximum Gasteiger partial charge on any atom is 0.0868 e. The molecule has 0 amide bonds. The van der Waals surface area contributed by atoms with Crippen LogP contribution in [0, 0.1) is 0 Å². The lowest BCUT2D eigenvalue weighted by Crippen LogP contribution is -1.79. The van der Waals surface area contributed by atoms with Gasteiger partial charge in [-0.05, 0) is 18.2 Å². The first-order valence-corrected chi connectivity index (χ1v) is 4.34. The highest BCUT2D eigenvalue weighted by atomic mass is 35.5. The molecule has 5 heteroatoms. The summed E-state index contributed by atoms with van der Waals surface area (Å²) in [5.41, 5.74) is 1.62. The van der Waals surface area contributed by atoms with Gasteiger partial charge in [0, 0.05) is 10.6 Å². The second-order valence-electron chi connectivity index (χ2n) is 2.49. The molecule has 0 atom stereocenters. The van der Waals surface area contributed by atoms with E-state index in [-0.39, 0.29) is 0 Å². The number of aromatic nitrogens is 3. The van der Waals surface area contributed by atoms with Crippen LogP contribution < -0.4 is 0 Å². The number of rotatable bonds is 1. The van der Waals surface area contributed by atoms with E-state index >= 15 is 0 Å². The molecule has 66 valence electrons. The van der Waals surface area contributed by atoms with E-state index in [9.17, 15) is 0 Å². The third-order valence-electron chi connectivity index (χ3n) is 1.64. The van der Waals surface area contributed by atoms with Gasteiger partial charge < -0.3 is 0 Å². The van der Waals surface area contributed by atoms with Gasteiger partial charge in [-0.1, -0.05) is 28.4 Å². The minimum atomic E-state index is 0.582. The van der Waals surface area contributed by atoms with E-state index in [1.807, 2.05) is 6.07 Å². The van der Waals surface area contributed by atoms with Crippen molar-refractivity contribution in [2.24, 2.45) is 0 Å². The minimum Gasteiger partial charge on any atom is -0.258 e. The van der Waals surface area contributed by atoms with Crippen LogP contribution in [0.5, 0.6) is 0 Å². The second-order valence-corrected chi connectivity index (χ2v) is 3.34. The van der Waals surface area contributed by atoms with E-state index in [1.54, 1.807) is 18.3 Å². The average molecular weight is 214 g/mol. The number of benzene rings is 1. The van der Waals surface area contributed by atoms with Crippen LogP contribution in [0.15, 0.2) is 24.4 Å². The molecule has 1 aromatic heterocycles. The Hall–Kier alpha value is -1.06. The van der Waals surface area contributed by atoms with E-state index in [2.05, 4.69) is 15.4 Å². The van der Waals surface area contributed by atoms with Crippen LogP contribution in [0.4, 0.5) is 0 Å². The Labute approximate surface area is 84.7 Å². The minimum absolute atomic E-state index is 0.582. The van der Waals surface area contributed by atoms with Crippen molar-refractivity contribution in [1.82, 2.24) is 15.4 Å². The van der Waals surface area contributed by atoms with Crippen molar-refractivity contribution in [3.63, 3.8) is 0 Å². The molecule has 0 saturated heterocycles. The van der Waals surface area contributed by atoms with Gasteiger partial charge in [-0.3, -0.25) is 5.10 Å². The van der Waals surface area contributed by atoms with Crippen molar-refractivity contribution in [2.75, 3.05) is 0 Å². The third kappa shape index (κ3) is 1.66. The van der Waals surface area contributed by atoms with Gasteiger partial charge in [-0.2, -0.15) is 0 Å². The zero-order chi connectivity index (χ0) is 9.26. The lowest BCUT2D eigenvalue weighted by Gasteiger charge is -1.99. The van der Waals surface area contributed by atoms with Gasteiger partial charge in [0.05, 0.1) is 16.9 Å². The van der Waals surface area contributed by atoms with Crippen molar-refractivity contribution >= 4 is 23.2 Å². The molecule has 1 aromatic carbocycles. The molecule has 0 radical (unpaired) electrons. The lowest BCUT2D eigenvalue weighted by atomic mass is 10.2. The fourth-order valence-corrected chi connectivity index (χ4v) is 1.55. The molecule has 0 bridgehead atoms. The molecular weight excluding hydrogens is 209 g/mol. The smallest absolute Gasteiger partial charge is 0.0868 e. The molecule has 0 saturated carbocycles. The maximum absolute atomic E-state index is 5.96. The molecular formula is C8H5Cl2N3. The van der Waals surface area contributed by atoms with Gasteiger partial charge in [0.2, 0.25) is 0 Å². The van der Waals surface area contributed by atoms with Gasteiger partial charge >= 0.3 is 0 Å². The molecule has 0 aliphatic rings. The van der Waals surface area contributed by atoms with Gasteiger partial charge in [-0.15, -0.1) is 5.10 Å². The molecule has 0 aliphatic carbocycles. The zero-order valence-electron chi connectivity index (χ0n) is 6.46. The molecule has 0 unspecified atom stereocenters. The van der Waals surface area contributed by atoms with E-state index in [0.717, 1.165) is 11.3 Å². The molecule has 0 fully saturated rings. The highest BCUT2D eigenvalue weighted by Crippen LogP contribution is 2.28. The maximum atomic E-state index is 5.96. The van der Waals surface area contributed by atoms with Crippen LogP contribution >= 0.6 is 23.2 Å². The predicted molar refractivity (Wildman–Crippen MR) is 51.8 cm³/mol. The molecule has 2 aromatic rings. The first-order valence-electron chi connectivity index (χ1n) is 3.59. The van der Waals surface area contributed by atoms with Crippen molar-refractivity contribution in [1.29, 1.82) is 0 Å². The van der Waals surface area contributed by atoms with Crippen molar-refractivity contribution in [2.45, 2.75) is 0 Å². The Morgan fingerprint density at radius 1 is 1.23 bits per heavy atom. The summed E-state index contributed by atoms with van der Waals surface area (Å²) in [6.07, 6.45) is 1.61. The lowest BCUT2D eigenvalue weighted by molar-refractivity contribution is 0.942. The van der Waals surface area contributed by atoms with E-state index in [0.29, 0.717) is 10.0 Å². The Morgan fingerprint density at radius 3 is 2.69 bits per heavy atom. The van der Waals surface area contributed by atoms with Gasteiger partial charge in [0.1, 0.15) is 0 Å². The summed E-state index contributed by atoms with van der Waals surface area (Å²) in [5.74, 6) is 0. The quantitative estimate of drug-likeness (QED) is 0.792. The first-order chi connectivity index (χ1) is 6.27. The standard InChI is InChI=1S/C8H5Cl2N3/c9-5-1-2-6(7(10)3-5)8-4-11-13-12-8/h1-4H,(H,11,12,13). The number of aromatic amines is 1. The van der Waals surface area contributed by atoms with Crippen LogP contribution in [-0.4, -0.2) is 15.4 Å². The van der Waals surface area contributed by atoms with E-state index in [1.165, 1.54) is 0 Å². The van der Waals surface area contributed by atoms with Gasteiger partial charge in [-0.25, -0.2) is 0 Å². The van der Waals surface area contributed by atoms with Crippen LogP contribution in [-0.2, 0) is 0 Å². The van der Waals surface area contributed by atoms with Crippen LogP contribution in [0.3, 0.4) is 0 Å². The summed E-state index contributed by atoms with van der Waals surface area (Å²) in [6.45, 7) is 0. The fourth-order valence-electron chi connectivity index (χ4n) is 1.04. The van der Waals surface area contributed by atoms with Crippen molar-refractivity contribution < 1.29 is 0 Å². The summed E-state index contributed by atoms with van der Waals surface area (Å²) in [7, 11) is 0. The van der Waals surface area contributed by atoms with Crippen LogP contribution in [0.1, 0.15) is 0 Å². The molecule has 13 heavy (non-hydrogen) atoms.